The van der Waals surface area contributed by atoms with Crippen molar-refractivity contribution in [3.8, 4) is 17.0 Å². The lowest BCUT2D eigenvalue weighted by Crippen LogP contribution is -2.33. The Balaban J connectivity index is 1.89. The molecule has 7 heteroatoms. The Morgan fingerprint density at radius 2 is 1.90 bits per heavy atom. The van der Waals surface area contributed by atoms with Crippen LogP contribution < -0.4 is 15.8 Å². The van der Waals surface area contributed by atoms with Crippen molar-refractivity contribution < 1.29 is 14.3 Å². The minimum atomic E-state index is -0.592. The van der Waals surface area contributed by atoms with Crippen molar-refractivity contribution in [2.45, 2.75) is 64.1 Å². The van der Waals surface area contributed by atoms with Gasteiger partial charge in [0.25, 0.3) is 0 Å². The molecule has 0 bridgehead atoms. The molecular formula is C22H30N4O3. The summed E-state index contributed by atoms with van der Waals surface area (Å²) in [4.78, 5) is 21.8. The summed E-state index contributed by atoms with van der Waals surface area (Å²) in [5.74, 6) is 0.909. The van der Waals surface area contributed by atoms with E-state index in [0.29, 0.717) is 40.5 Å². The number of nitrogens with one attached hydrogen (secondary N) is 1. The molecule has 0 atom stereocenters. The van der Waals surface area contributed by atoms with Crippen LogP contribution in [0.25, 0.3) is 11.3 Å². The number of hydrogen-bond acceptors (Lipinski definition) is 7. The number of hydrogen-bond donors (Lipinski definition) is 2. The maximum atomic E-state index is 12.7. The zero-order valence-corrected chi connectivity index (χ0v) is 17.6. The minimum Gasteiger partial charge on any atom is -0.497 e. The van der Waals surface area contributed by atoms with Gasteiger partial charge in [-0.15, -0.1) is 0 Å². The van der Waals surface area contributed by atoms with Crippen molar-refractivity contribution >= 4 is 11.8 Å². The number of nitrogens with zero attached hydrogens (tertiary/aromatic N) is 2. The molecule has 1 aromatic carbocycles. The molecule has 29 heavy (non-hydrogen) atoms. The Kier molecular flexibility index (Phi) is 6.37. The van der Waals surface area contributed by atoms with Gasteiger partial charge in [0.15, 0.2) is 0 Å². The first-order valence-corrected chi connectivity index (χ1v) is 10.0. The number of benzene rings is 1. The van der Waals surface area contributed by atoms with Crippen LogP contribution in [0.15, 0.2) is 30.6 Å². The van der Waals surface area contributed by atoms with Gasteiger partial charge in [-0.05, 0) is 64.7 Å². The van der Waals surface area contributed by atoms with Crippen LogP contribution in [0.1, 0.15) is 56.8 Å². The Morgan fingerprint density at radius 1 is 1.17 bits per heavy atom. The highest BCUT2D eigenvalue weighted by Gasteiger charge is 2.23. The highest BCUT2D eigenvalue weighted by atomic mass is 16.6. The molecule has 1 fully saturated rings. The Bertz CT molecular complexity index is 855. The number of esters is 1. The largest absolute Gasteiger partial charge is 0.497 e. The lowest BCUT2D eigenvalue weighted by molar-refractivity contribution is 0.00704. The molecule has 0 amide bonds. The van der Waals surface area contributed by atoms with Gasteiger partial charge in [0.05, 0.1) is 30.8 Å². The van der Waals surface area contributed by atoms with E-state index in [1.165, 1.54) is 0 Å². The number of aromatic nitrogens is 2. The Morgan fingerprint density at radius 3 is 2.55 bits per heavy atom. The van der Waals surface area contributed by atoms with Gasteiger partial charge in [0, 0.05) is 17.6 Å². The molecule has 1 aromatic heterocycles. The molecule has 1 heterocycles. The van der Waals surface area contributed by atoms with E-state index < -0.39 is 11.6 Å². The predicted octanol–water partition coefficient (Wildman–Crippen LogP) is 3.79. The topological polar surface area (TPSA) is 99.4 Å². The standard InChI is InChI=1S/C22H30N4O3/c1-22(2,3)29-21(27)17-10-9-16(28-4)11-18(17)19-12-24-13-20(26-19)25-15-7-5-14(23)6-8-15/h9-15H,5-8,23H2,1-4H3,(H,25,26). The first kappa shape index (κ1) is 21.0. The number of ether oxygens (including phenoxy) is 2. The molecule has 1 saturated carbocycles. The maximum absolute atomic E-state index is 12.7. The molecule has 7 nitrogen and oxygen atoms in total. The van der Waals surface area contributed by atoms with E-state index in [-0.39, 0.29) is 0 Å². The molecule has 0 spiro atoms. The zero-order chi connectivity index (χ0) is 21.0. The van der Waals surface area contributed by atoms with Gasteiger partial charge in [0.1, 0.15) is 17.2 Å². The molecule has 0 radical (unpaired) electrons. The van der Waals surface area contributed by atoms with Crippen LogP contribution in [0.2, 0.25) is 0 Å². The van der Waals surface area contributed by atoms with Crippen LogP contribution in [-0.2, 0) is 4.74 Å². The first-order chi connectivity index (χ1) is 13.7. The third-order valence-electron chi connectivity index (χ3n) is 4.88. The van der Waals surface area contributed by atoms with Crippen molar-refractivity contribution in [2.24, 2.45) is 5.73 Å². The van der Waals surface area contributed by atoms with E-state index in [1.807, 2.05) is 20.8 Å². The molecule has 3 N–H and O–H groups in total. The van der Waals surface area contributed by atoms with Gasteiger partial charge in [-0.2, -0.15) is 0 Å². The molecule has 1 aliphatic carbocycles. The predicted molar refractivity (Wildman–Crippen MR) is 113 cm³/mol. The van der Waals surface area contributed by atoms with E-state index in [9.17, 15) is 4.79 Å². The van der Waals surface area contributed by atoms with Crippen molar-refractivity contribution in [1.29, 1.82) is 0 Å². The second kappa shape index (κ2) is 8.78. The van der Waals surface area contributed by atoms with Crippen molar-refractivity contribution in [2.75, 3.05) is 12.4 Å². The second-order valence-electron chi connectivity index (χ2n) is 8.46. The molecule has 1 aliphatic rings. The normalized spacial score (nSPS) is 19.5. The number of methoxy groups -OCH3 is 1. The van der Waals surface area contributed by atoms with E-state index in [2.05, 4.69) is 10.3 Å². The summed E-state index contributed by atoms with van der Waals surface area (Å²) in [5, 5.41) is 3.45. The van der Waals surface area contributed by atoms with Crippen LogP contribution >= 0.6 is 0 Å². The molecule has 0 unspecified atom stereocenters. The van der Waals surface area contributed by atoms with Crippen molar-refractivity contribution in [1.82, 2.24) is 9.97 Å². The summed E-state index contributed by atoms with van der Waals surface area (Å²) in [5.41, 5.74) is 7.04. The maximum Gasteiger partial charge on any atom is 0.339 e. The fraction of sp³-hybridized carbons (Fsp3) is 0.500. The fourth-order valence-corrected chi connectivity index (χ4v) is 3.41. The Labute approximate surface area is 172 Å². The number of carbonyl (C=O) groups excluding carboxylic acids is 1. The summed E-state index contributed by atoms with van der Waals surface area (Å²) < 4.78 is 10.9. The average molecular weight is 399 g/mol. The molecule has 3 rings (SSSR count). The summed E-state index contributed by atoms with van der Waals surface area (Å²) >= 11 is 0. The summed E-state index contributed by atoms with van der Waals surface area (Å²) in [7, 11) is 1.59. The number of rotatable bonds is 5. The molecule has 0 saturated heterocycles. The number of nitrogens with two attached hydrogens (primary N) is 1. The summed E-state index contributed by atoms with van der Waals surface area (Å²) in [6, 6.07) is 5.84. The third-order valence-corrected chi connectivity index (χ3v) is 4.88. The van der Waals surface area contributed by atoms with Crippen molar-refractivity contribution in [3.63, 3.8) is 0 Å². The number of anilines is 1. The fourth-order valence-electron chi connectivity index (χ4n) is 3.41. The van der Waals surface area contributed by atoms with Crippen molar-refractivity contribution in [3.05, 3.63) is 36.2 Å². The van der Waals surface area contributed by atoms with Crippen LogP contribution in [-0.4, -0.2) is 40.7 Å². The van der Waals surface area contributed by atoms with Gasteiger partial charge in [0.2, 0.25) is 0 Å². The molecule has 0 aliphatic heterocycles. The first-order valence-electron chi connectivity index (χ1n) is 10.0. The lowest BCUT2D eigenvalue weighted by Gasteiger charge is -2.27. The molecule has 2 aromatic rings. The van der Waals surface area contributed by atoms with Crippen LogP contribution in [0, 0.1) is 0 Å². The van der Waals surface area contributed by atoms with Gasteiger partial charge in [-0.1, -0.05) is 0 Å². The number of carbonyl (C=O) groups is 1. The van der Waals surface area contributed by atoms with Gasteiger partial charge >= 0.3 is 5.97 Å². The SMILES string of the molecule is COc1ccc(C(=O)OC(C)(C)C)c(-c2cncc(NC3CCC(N)CC3)n2)c1. The van der Waals surface area contributed by atoms with E-state index >= 15 is 0 Å². The molecular weight excluding hydrogens is 368 g/mol. The van der Waals surface area contributed by atoms with E-state index in [0.717, 1.165) is 25.7 Å². The highest BCUT2D eigenvalue weighted by Crippen LogP contribution is 2.29. The van der Waals surface area contributed by atoms with Gasteiger partial charge in [-0.25, -0.2) is 9.78 Å². The minimum absolute atomic E-state index is 0.290. The van der Waals surface area contributed by atoms with E-state index in [4.69, 9.17) is 20.2 Å². The van der Waals surface area contributed by atoms with Crippen LogP contribution in [0.3, 0.4) is 0 Å². The average Bonchev–Trinajstić information content (AvgIpc) is 2.68. The summed E-state index contributed by atoms with van der Waals surface area (Å²) in [6.45, 7) is 5.53. The monoisotopic (exact) mass is 398 g/mol. The summed E-state index contributed by atoms with van der Waals surface area (Å²) in [6.07, 6.45) is 7.37. The smallest absolute Gasteiger partial charge is 0.339 e. The Hall–Kier alpha value is -2.67. The van der Waals surface area contributed by atoms with Gasteiger partial charge in [-0.3, -0.25) is 4.98 Å². The van der Waals surface area contributed by atoms with Gasteiger partial charge < -0.3 is 20.5 Å². The zero-order valence-electron chi connectivity index (χ0n) is 17.6. The second-order valence-corrected chi connectivity index (χ2v) is 8.46. The highest BCUT2D eigenvalue weighted by molar-refractivity contribution is 5.97. The molecule has 156 valence electrons. The van der Waals surface area contributed by atoms with E-state index in [1.54, 1.807) is 37.7 Å². The van der Waals surface area contributed by atoms with Crippen LogP contribution in [0.5, 0.6) is 5.75 Å². The quantitative estimate of drug-likeness (QED) is 0.739. The van der Waals surface area contributed by atoms with Crippen LogP contribution in [0.4, 0.5) is 5.82 Å². The lowest BCUT2D eigenvalue weighted by atomic mass is 9.92. The third kappa shape index (κ3) is 5.67.